The van der Waals surface area contributed by atoms with Crippen LogP contribution < -0.4 is 4.74 Å². The quantitative estimate of drug-likeness (QED) is 0.475. The average molecular weight is 372 g/mol. The Morgan fingerprint density at radius 2 is 2.15 bits per heavy atom. The monoisotopic (exact) mass is 372 g/mol. The van der Waals surface area contributed by atoms with Gasteiger partial charge in [0.05, 0.1) is 13.7 Å². The standard InChI is InChI=1S/C19H20N2O4S/c1-5-25-19(23)16-17(24-4)20-18(26-16)12-6-7-15-14(8-12)13(10-22)9-21(15)11(2)3/h6-11H,5H2,1-4H3. The number of fused-ring (bicyclic) bond motifs is 1. The lowest BCUT2D eigenvalue weighted by Crippen LogP contribution is -2.04. The summed E-state index contributed by atoms with van der Waals surface area (Å²) in [6.45, 7) is 6.17. The number of nitrogens with zero attached hydrogens (tertiary/aromatic N) is 2. The Morgan fingerprint density at radius 1 is 1.38 bits per heavy atom. The second-order valence-electron chi connectivity index (χ2n) is 6.01. The van der Waals surface area contributed by atoms with Crippen molar-refractivity contribution < 1.29 is 19.1 Å². The summed E-state index contributed by atoms with van der Waals surface area (Å²) >= 11 is 1.21. The normalized spacial score (nSPS) is 11.1. The highest BCUT2D eigenvalue weighted by molar-refractivity contribution is 7.17. The van der Waals surface area contributed by atoms with Gasteiger partial charge in [-0.15, -0.1) is 11.3 Å². The molecule has 0 radical (unpaired) electrons. The van der Waals surface area contributed by atoms with Crippen molar-refractivity contribution in [2.45, 2.75) is 26.8 Å². The van der Waals surface area contributed by atoms with Gasteiger partial charge in [0.2, 0.25) is 5.88 Å². The number of carbonyl (C=O) groups is 2. The van der Waals surface area contributed by atoms with Gasteiger partial charge in [-0.05, 0) is 39.0 Å². The number of aldehydes is 1. The summed E-state index contributed by atoms with van der Waals surface area (Å²) in [6, 6.07) is 6.07. The zero-order valence-corrected chi connectivity index (χ0v) is 15.9. The maximum Gasteiger partial charge on any atom is 0.354 e. The summed E-state index contributed by atoms with van der Waals surface area (Å²) in [7, 11) is 1.47. The average Bonchev–Trinajstić information content (AvgIpc) is 3.22. The second-order valence-corrected chi connectivity index (χ2v) is 7.01. The Bertz CT molecular complexity index is 971. The summed E-state index contributed by atoms with van der Waals surface area (Å²) < 4.78 is 12.3. The van der Waals surface area contributed by atoms with Gasteiger partial charge in [-0.3, -0.25) is 4.79 Å². The van der Waals surface area contributed by atoms with Crippen LogP contribution in [0.25, 0.3) is 21.5 Å². The maximum atomic E-state index is 12.1. The van der Waals surface area contributed by atoms with Crippen molar-refractivity contribution in [1.29, 1.82) is 0 Å². The lowest BCUT2D eigenvalue weighted by atomic mass is 10.1. The molecule has 0 N–H and O–H groups in total. The van der Waals surface area contributed by atoms with E-state index in [1.54, 1.807) is 6.92 Å². The number of thiazole rings is 1. The topological polar surface area (TPSA) is 70.4 Å². The number of aromatic nitrogens is 2. The molecule has 6 nitrogen and oxygen atoms in total. The van der Waals surface area contributed by atoms with Gasteiger partial charge in [-0.25, -0.2) is 9.78 Å². The number of carbonyl (C=O) groups excluding carboxylic acids is 2. The third-order valence-electron chi connectivity index (χ3n) is 4.04. The Morgan fingerprint density at radius 3 is 2.77 bits per heavy atom. The summed E-state index contributed by atoms with van der Waals surface area (Å²) in [5, 5.41) is 1.50. The molecule has 0 fully saturated rings. The van der Waals surface area contributed by atoms with Gasteiger partial charge in [-0.2, -0.15) is 0 Å². The Balaban J connectivity index is 2.11. The van der Waals surface area contributed by atoms with E-state index in [-0.39, 0.29) is 18.5 Å². The molecule has 0 unspecified atom stereocenters. The molecule has 2 heterocycles. The molecule has 136 valence electrons. The van der Waals surface area contributed by atoms with E-state index < -0.39 is 5.97 Å². The number of benzene rings is 1. The summed E-state index contributed by atoms with van der Waals surface area (Å²) in [5.41, 5.74) is 2.44. The molecular weight excluding hydrogens is 352 g/mol. The predicted octanol–water partition coefficient (Wildman–Crippen LogP) is 4.34. The minimum atomic E-state index is -0.450. The first-order valence-corrected chi connectivity index (χ1v) is 9.13. The van der Waals surface area contributed by atoms with Crippen molar-refractivity contribution in [3.63, 3.8) is 0 Å². The van der Waals surface area contributed by atoms with Crippen LogP contribution in [0.4, 0.5) is 0 Å². The van der Waals surface area contributed by atoms with Crippen molar-refractivity contribution in [2.24, 2.45) is 0 Å². The number of ether oxygens (including phenoxy) is 2. The van der Waals surface area contributed by atoms with Gasteiger partial charge >= 0.3 is 5.97 Å². The molecule has 2 aromatic heterocycles. The van der Waals surface area contributed by atoms with E-state index in [4.69, 9.17) is 9.47 Å². The van der Waals surface area contributed by atoms with E-state index in [0.717, 1.165) is 22.8 Å². The van der Waals surface area contributed by atoms with Crippen LogP contribution in [0.3, 0.4) is 0 Å². The predicted molar refractivity (Wildman–Crippen MR) is 101 cm³/mol. The molecule has 0 saturated heterocycles. The zero-order chi connectivity index (χ0) is 18.8. The molecule has 0 bridgehead atoms. The Hall–Kier alpha value is -2.67. The molecule has 1 aromatic carbocycles. The van der Waals surface area contributed by atoms with Gasteiger partial charge in [0.15, 0.2) is 11.2 Å². The van der Waals surface area contributed by atoms with Gasteiger partial charge in [0, 0.05) is 34.3 Å². The minimum Gasteiger partial charge on any atom is -0.480 e. The fourth-order valence-electron chi connectivity index (χ4n) is 2.83. The van der Waals surface area contributed by atoms with Crippen molar-refractivity contribution in [3.05, 3.63) is 34.8 Å². The van der Waals surface area contributed by atoms with E-state index >= 15 is 0 Å². The molecule has 7 heteroatoms. The van der Waals surface area contributed by atoms with Gasteiger partial charge in [0.25, 0.3) is 0 Å². The first-order valence-electron chi connectivity index (χ1n) is 8.32. The molecule has 0 aliphatic rings. The molecule has 0 amide bonds. The summed E-state index contributed by atoms with van der Waals surface area (Å²) in [4.78, 5) is 28.3. The highest BCUT2D eigenvalue weighted by Gasteiger charge is 2.21. The van der Waals surface area contributed by atoms with Gasteiger partial charge in [-0.1, -0.05) is 0 Å². The van der Waals surface area contributed by atoms with Crippen molar-refractivity contribution in [3.8, 4) is 16.5 Å². The van der Waals surface area contributed by atoms with Crippen LogP contribution in [-0.2, 0) is 4.74 Å². The minimum absolute atomic E-state index is 0.243. The first-order chi connectivity index (χ1) is 12.5. The maximum absolute atomic E-state index is 12.1. The Labute approximate surface area is 155 Å². The van der Waals surface area contributed by atoms with Gasteiger partial charge in [0.1, 0.15) is 5.01 Å². The number of hydrogen-bond donors (Lipinski definition) is 0. The van der Waals surface area contributed by atoms with E-state index in [1.165, 1.54) is 18.4 Å². The molecule has 0 spiro atoms. The molecule has 0 aliphatic carbocycles. The molecule has 0 aliphatic heterocycles. The van der Waals surface area contributed by atoms with Crippen LogP contribution in [0, 0.1) is 0 Å². The fraction of sp³-hybridized carbons (Fsp3) is 0.316. The van der Waals surface area contributed by atoms with Crippen molar-refractivity contribution in [1.82, 2.24) is 9.55 Å². The Kier molecular flexibility index (Phi) is 5.08. The molecule has 0 atom stereocenters. The highest BCUT2D eigenvalue weighted by Crippen LogP contribution is 2.35. The number of hydrogen-bond acceptors (Lipinski definition) is 6. The van der Waals surface area contributed by atoms with Crippen LogP contribution in [0.5, 0.6) is 5.88 Å². The van der Waals surface area contributed by atoms with Crippen LogP contribution >= 0.6 is 11.3 Å². The number of esters is 1. The third kappa shape index (κ3) is 3.10. The van der Waals surface area contributed by atoms with E-state index in [2.05, 4.69) is 23.4 Å². The SMILES string of the molecule is CCOC(=O)c1sc(-c2ccc3c(c2)c(C=O)cn3C(C)C)nc1OC. The third-order valence-corrected chi connectivity index (χ3v) is 5.11. The van der Waals surface area contributed by atoms with Crippen LogP contribution in [-0.4, -0.2) is 35.5 Å². The van der Waals surface area contributed by atoms with E-state index in [1.807, 2.05) is 24.4 Å². The number of methoxy groups -OCH3 is 1. The van der Waals surface area contributed by atoms with Crippen LogP contribution in [0.15, 0.2) is 24.4 Å². The fourth-order valence-corrected chi connectivity index (χ4v) is 3.75. The molecular formula is C19H20N2O4S. The molecule has 3 aromatic rings. The van der Waals surface area contributed by atoms with Crippen LogP contribution in [0.2, 0.25) is 0 Å². The molecule has 26 heavy (non-hydrogen) atoms. The van der Waals surface area contributed by atoms with Crippen molar-refractivity contribution >= 4 is 34.5 Å². The number of rotatable bonds is 6. The first kappa shape index (κ1) is 18.1. The van der Waals surface area contributed by atoms with Gasteiger partial charge < -0.3 is 14.0 Å². The summed E-state index contributed by atoms with van der Waals surface area (Å²) in [5.74, 6) is -0.201. The highest BCUT2D eigenvalue weighted by atomic mass is 32.1. The van der Waals surface area contributed by atoms with Crippen LogP contribution in [0.1, 0.15) is 46.8 Å². The molecule has 3 rings (SSSR count). The largest absolute Gasteiger partial charge is 0.480 e. The summed E-state index contributed by atoms with van der Waals surface area (Å²) in [6.07, 6.45) is 2.72. The second kappa shape index (κ2) is 7.29. The van der Waals surface area contributed by atoms with Crippen molar-refractivity contribution in [2.75, 3.05) is 13.7 Å². The lowest BCUT2D eigenvalue weighted by molar-refractivity contribution is 0.0528. The molecule has 0 saturated carbocycles. The smallest absolute Gasteiger partial charge is 0.354 e. The van der Waals surface area contributed by atoms with E-state index in [0.29, 0.717) is 15.4 Å². The lowest BCUT2D eigenvalue weighted by Gasteiger charge is -2.09. The van der Waals surface area contributed by atoms with E-state index in [9.17, 15) is 9.59 Å². The zero-order valence-electron chi connectivity index (χ0n) is 15.1.